The first-order valence-electron chi connectivity index (χ1n) is 15.4. The van der Waals surface area contributed by atoms with Gasteiger partial charge in [0.05, 0.1) is 0 Å². The molecule has 0 spiro atoms. The normalized spacial score (nSPS) is 11.1. The Morgan fingerprint density at radius 2 is 0.533 bits per heavy atom. The maximum Gasteiger partial charge on any atom is 0.242 e. The summed E-state index contributed by atoms with van der Waals surface area (Å²) in [5.41, 5.74) is 4.04. The first-order chi connectivity index (χ1) is 22.4. The summed E-state index contributed by atoms with van der Waals surface area (Å²) in [5, 5.41) is 8.25. The molecule has 7 rings (SSSR count). The van der Waals surface area contributed by atoms with Gasteiger partial charge in [-0.05, 0) is 47.7 Å². The van der Waals surface area contributed by atoms with Crippen molar-refractivity contribution in [1.29, 1.82) is 0 Å². The van der Waals surface area contributed by atoms with Crippen LogP contribution < -0.4 is 48.2 Å². The third kappa shape index (κ3) is 6.34. The van der Waals surface area contributed by atoms with Gasteiger partial charge in [0.1, 0.15) is 0 Å². The molecule has 0 radical (unpaired) electrons. The average molecular weight is 610 g/mol. The van der Waals surface area contributed by atoms with Crippen molar-refractivity contribution in [1.82, 2.24) is 0 Å². The minimum atomic E-state index is -0.787. The van der Waals surface area contributed by atoms with Crippen LogP contribution in [-0.4, -0.2) is 6.71 Å². The Morgan fingerprint density at radius 1 is 0.267 bits per heavy atom. The van der Waals surface area contributed by atoms with Crippen molar-refractivity contribution >= 4 is 70.8 Å². The van der Waals surface area contributed by atoms with Crippen LogP contribution in [0.2, 0.25) is 0 Å². The van der Waals surface area contributed by atoms with Gasteiger partial charge in [-0.1, -0.05) is 217 Å². The topological polar surface area (TPSA) is 0 Å². The molecule has 0 saturated heterocycles. The van der Waals surface area contributed by atoms with Gasteiger partial charge in [-0.3, -0.25) is 0 Å². The van der Waals surface area contributed by atoms with Gasteiger partial charge in [0.15, 0.2) is 0 Å². The molecule has 0 heterocycles. The highest BCUT2D eigenvalue weighted by Gasteiger charge is 2.32. The van der Waals surface area contributed by atoms with E-state index in [2.05, 4.69) is 200 Å². The maximum absolute atomic E-state index is 2.37. The smallest absolute Gasteiger partial charge is 0.0686 e. The Kier molecular flexibility index (Phi) is 9.11. The largest absolute Gasteiger partial charge is 0.242 e. The monoisotopic (exact) mass is 610 g/mol. The highest BCUT2D eigenvalue weighted by molar-refractivity contribution is 7.81. The summed E-state index contributed by atoms with van der Waals surface area (Å²) in [7, 11) is -1.57. The molecule has 0 aliphatic rings. The lowest BCUT2D eigenvalue weighted by Crippen LogP contribution is -2.60. The van der Waals surface area contributed by atoms with Crippen molar-refractivity contribution in [3.05, 3.63) is 200 Å². The summed E-state index contributed by atoms with van der Waals surface area (Å²) in [6, 6.07) is 73.7. The van der Waals surface area contributed by atoms with E-state index in [0.29, 0.717) is 0 Å². The van der Waals surface area contributed by atoms with Crippen LogP contribution in [0.15, 0.2) is 200 Å². The number of hydrogen-bond acceptors (Lipinski definition) is 0. The molecule has 45 heavy (non-hydrogen) atoms. The predicted octanol–water partition coefficient (Wildman–Crippen LogP) is 5.72. The molecule has 0 atom stereocenters. The Bertz CT molecular complexity index is 1740. The van der Waals surface area contributed by atoms with Crippen LogP contribution in [0.25, 0.3) is 0 Å². The standard InChI is InChI=1S/C42H33BP2/c1-6-20-34(21-7-1)43(39-30-16-18-32-41(39)44(35-22-8-2-9-23-35)36-24-10-3-11-25-36)40-31-17-19-33-42(40)45(37-26-12-4-13-27-37)38-28-14-5-15-29-38/h1-33H. The Labute approximate surface area is 270 Å². The van der Waals surface area contributed by atoms with Crippen LogP contribution in [0.4, 0.5) is 0 Å². The van der Waals surface area contributed by atoms with Gasteiger partial charge in [0.25, 0.3) is 0 Å². The SMILES string of the molecule is c1ccc(B(c2ccccc2P(c2ccccc2)c2ccccc2)c2ccccc2P(c2ccccc2)c2ccccc2)cc1. The van der Waals surface area contributed by atoms with Crippen molar-refractivity contribution in [2.75, 3.05) is 0 Å². The summed E-state index contributed by atoms with van der Waals surface area (Å²) in [6.45, 7) is 0.0634. The first-order valence-corrected chi connectivity index (χ1v) is 18.1. The molecule has 0 nitrogen and oxygen atoms in total. The van der Waals surface area contributed by atoms with Crippen molar-refractivity contribution in [2.45, 2.75) is 0 Å². The fourth-order valence-electron chi connectivity index (χ4n) is 6.21. The second-order valence-corrected chi connectivity index (χ2v) is 15.3. The van der Waals surface area contributed by atoms with Gasteiger partial charge in [0, 0.05) is 0 Å². The van der Waals surface area contributed by atoms with Gasteiger partial charge in [-0.15, -0.1) is 0 Å². The molecule has 0 N–H and O–H groups in total. The fourth-order valence-corrected chi connectivity index (χ4v) is 11.2. The van der Waals surface area contributed by atoms with E-state index in [1.807, 2.05) is 0 Å². The van der Waals surface area contributed by atoms with Crippen molar-refractivity contribution in [3.63, 3.8) is 0 Å². The summed E-state index contributed by atoms with van der Waals surface area (Å²) < 4.78 is 0. The van der Waals surface area contributed by atoms with Crippen LogP contribution in [0.3, 0.4) is 0 Å². The van der Waals surface area contributed by atoms with E-state index in [-0.39, 0.29) is 6.71 Å². The van der Waals surface area contributed by atoms with Crippen molar-refractivity contribution in [2.24, 2.45) is 0 Å². The molecule has 0 amide bonds. The zero-order valence-electron chi connectivity index (χ0n) is 25.0. The van der Waals surface area contributed by atoms with E-state index >= 15 is 0 Å². The molecular formula is C42H33BP2. The van der Waals surface area contributed by atoms with Crippen molar-refractivity contribution < 1.29 is 0 Å². The molecule has 0 saturated carbocycles. The van der Waals surface area contributed by atoms with Gasteiger partial charge in [-0.25, -0.2) is 0 Å². The molecule has 0 unspecified atom stereocenters. The molecule has 0 fully saturated rings. The third-order valence-electron chi connectivity index (χ3n) is 8.17. The van der Waals surface area contributed by atoms with E-state index in [4.69, 9.17) is 0 Å². The van der Waals surface area contributed by atoms with E-state index in [9.17, 15) is 0 Å². The van der Waals surface area contributed by atoms with Crippen LogP contribution in [0.1, 0.15) is 0 Å². The van der Waals surface area contributed by atoms with Crippen LogP contribution in [0, 0.1) is 0 Å². The minimum Gasteiger partial charge on any atom is -0.0686 e. The molecule has 3 heteroatoms. The molecule has 0 aliphatic carbocycles. The highest BCUT2D eigenvalue weighted by Crippen LogP contribution is 2.34. The van der Waals surface area contributed by atoms with Crippen LogP contribution >= 0.6 is 15.8 Å². The third-order valence-corrected chi connectivity index (χ3v) is 13.2. The summed E-state index contributed by atoms with van der Waals surface area (Å²) in [6.07, 6.45) is 0. The molecular weight excluding hydrogens is 577 g/mol. The van der Waals surface area contributed by atoms with E-state index in [1.54, 1.807) is 0 Å². The molecule has 214 valence electrons. The summed E-state index contributed by atoms with van der Waals surface area (Å²) in [5.74, 6) is 0. The Hall–Kier alpha value is -4.54. The Balaban J connectivity index is 1.49. The van der Waals surface area contributed by atoms with E-state index < -0.39 is 15.8 Å². The lowest BCUT2D eigenvalue weighted by atomic mass is 9.37. The molecule has 7 aromatic rings. The molecule has 0 bridgehead atoms. The second kappa shape index (κ2) is 14.1. The Morgan fingerprint density at radius 3 is 0.867 bits per heavy atom. The molecule has 0 aliphatic heterocycles. The van der Waals surface area contributed by atoms with Gasteiger partial charge >= 0.3 is 0 Å². The van der Waals surface area contributed by atoms with Gasteiger partial charge in [-0.2, -0.15) is 0 Å². The van der Waals surface area contributed by atoms with Crippen molar-refractivity contribution in [3.8, 4) is 0 Å². The molecule has 7 aromatic carbocycles. The van der Waals surface area contributed by atoms with Crippen LogP contribution in [0.5, 0.6) is 0 Å². The zero-order valence-corrected chi connectivity index (χ0v) is 26.8. The summed E-state index contributed by atoms with van der Waals surface area (Å²) >= 11 is 0. The number of benzene rings is 7. The quantitative estimate of drug-likeness (QED) is 0.145. The van der Waals surface area contributed by atoms with E-state index in [1.165, 1.54) is 48.2 Å². The zero-order chi connectivity index (χ0) is 30.3. The lowest BCUT2D eigenvalue weighted by molar-refractivity contribution is 1.73. The first kappa shape index (κ1) is 29.2. The maximum atomic E-state index is 2.37. The minimum absolute atomic E-state index is 0.0634. The predicted molar refractivity (Wildman–Crippen MR) is 201 cm³/mol. The van der Waals surface area contributed by atoms with Gasteiger partial charge in [0.2, 0.25) is 6.71 Å². The van der Waals surface area contributed by atoms with Gasteiger partial charge < -0.3 is 0 Å². The fraction of sp³-hybridized carbons (Fsp3) is 0. The lowest BCUT2D eigenvalue weighted by Gasteiger charge is -2.29. The summed E-state index contributed by atoms with van der Waals surface area (Å²) in [4.78, 5) is 0. The number of hydrogen-bond donors (Lipinski definition) is 0. The average Bonchev–Trinajstić information content (AvgIpc) is 3.12. The number of rotatable bonds is 9. The van der Waals surface area contributed by atoms with E-state index in [0.717, 1.165) is 0 Å². The highest BCUT2D eigenvalue weighted by atomic mass is 31.1. The van der Waals surface area contributed by atoms with Crippen LogP contribution in [-0.2, 0) is 0 Å². The molecule has 0 aromatic heterocycles. The second-order valence-electron chi connectivity index (χ2n) is 11.0.